The van der Waals surface area contributed by atoms with Crippen LogP contribution in [-0.4, -0.2) is 24.3 Å². The summed E-state index contributed by atoms with van der Waals surface area (Å²) < 4.78 is 37.9. The van der Waals surface area contributed by atoms with Gasteiger partial charge in [0.15, 0.2) is 0 Å². The zero-order chi connectivity index (χ0) is 13.2. The fourth-order valence-corrected chi connectivity index (χ4v) is 2.42. The van der Waals surface area contributed by atoms with Crippen molar-refractivity contribution in [1.29, 1.82) is 0 Å². The predicted molar refractivity (Wildman–Crippen MR) is 62.3 cm³/mol. The van der Waals surface area contributed by atoms with Crippen LogP contribution in [0.4, 0.5) is 13.2 Å². The van der Waals surface area contributed by atoms with Crippen molar-refractivity contribution in [3.05, 3.63) is 35.4 Å². The summed E-state index contributed by atoms with van der Waals surface area (Å²) in [5, 5.41) is 12.2. The molecular formula is C13H16F3NO. The number of hydrogen-bond acceptors (Lipinski definition) is 2. The Morgan fingerprint density at radius 2 is 2.11 bits per heavy atom. The molecule has 0 radical (unpaired) electrons. The van der Waals surface area contributed by atoms with Crippen LogP contribution in [0, 0.1) is 0 Å². The predicted octanol–water partition coefficient (Wildman–Crippen LogP) is 2.53. The van der Waals surface area contributed by atoms with E-state index in [0.717, 1.165) is 19.0 Å². The molecule has 1 heterocycles. The molecule has 2 rings (SSSR count). The first-order chi connectivity index (χ1) is 8.50. The molecule has 2 atom stereocenters. The Hall–Kier alpha value is -1.07. The summed E-state index contributed by atoms with van der Waals surface area (Å²) in [6.07, 6.45) is -2.81. The summed E-state index contributed by atoms with van der Waals surface area (Å²) in [7, 11) is 0. The second-order valence-corrected chi connectivity index (χ2v) is 4.68. The Balaban J connectivity index is 2.18. The van der Waals surface area contributed by atoms with Crippen LogP contribution in [0.3, 0.4) is 0 Å². The summed E-state index contributed by atoms with van der Waals surface area (Å²) in [6.45, 7) is 0.752. The molecule has 1 fully saturated rings. The zero-order valence-corrected chi connectivity index (χ0v) is 9.87. The van der Waals surface area contributed by atoms with Crippen LogP contribution in [0.25, 0.3) is 0 Å². The van der Waals surface area contributed by atoms with Crippen molar-refractivity contribution in [2.45, 2.75) is 31.0 Å². The first-order valence-corrected chi connectivity index (χ1v) is 6.02. The molecule has 0 saturated carbocycles. The molecule has 2 unspecified atom stereocenters. The van der Waals surface area contributed by atoms with Gasteiger partial charge in [-0.25, -0.2) is 0 Å². The number of halogens is 3. The molecule has 0 bridgehead atoms. The summed E-state index contributed by atoms with van der Waals surface area (Å²) in [6, 6.07) is 5.49. The minimum Gasteiger partial charge on any atom is -0.395 e. The average Bonchev–Trinajstić information content (AvgIpc) is 2.38. The summed E-state index contributed by atoms with van der Waals surface area (Å²) in [5.74, 6) is 0.0886. The first-order valence-electron chi connectivity index (χ1n) is 6.02. The van der Waals surface area contributed by atoms with Crippen molar-refractivity contribution < 1.29 is 18.3 Å². The Bertz CT molecular complexity index is 405. The molecule has 0 aromatic heterocycles. The molecule has 1 aromatic carbocycles. The number of aliphatic hydroxyl groups is 1. The fourth-order valence-electron chi connectivity index (χ4n) is 2.42. The number of alkyl halides is 3. The van der Waals surface area contributed by atoms with Crippen molar-refractivity contribution in [1.82, 2.24) is 5.32 Å². The zero-order valence-electron chi connectivity index (χ0n) is 9.87. The number of rotatable bonds is 2. The van der Waals surface area contributed by atoms with E-state index in [9.17, 15) is 13.2 Å². The van der Waals surface area contributed by atoms with Crippen LogP contribution in [0.2, 0.25) is 0 Å². The Kier molecular flexibility index (Phi) is 3.92. The molecule has 100 valence electrons. The Labute approximate surface area is 104 Å². The second-order valence-electron chi connectivity index (χ2n) is 4.68. The highest BCUT2D eigenvalue weighted by molar-refractivity contribution is 5.28. The van der Waals surface area contributed by atoms with Crippen LogP contribution >= 0.6 is 0 Å². The van der Waals surface area contributed by atoms with E-state index >= 15 is 0 Å². The standard InChI is InChI=1S/C13H16F3NO/c14-13(15,16)11-3-1-2-9(6-11)10-4-5-17-12(7-10)8-18/h1-3,6,10,12,17-18H,4-5,7-8H2. The quantitative estimate of drug-likeness (QED) is 0.855. The van der Waals surface area contributed by atoms with E-state index in [4.69, 9.17) is 5.11 Å². The maximum atomic E-state index is 12.6. The van der Waals surface area contributed by atoms with Gasteiger partial charge in [0.25, 0.3) is 0 Å². The van der Waals surface area contributed by atoms with Gasteiger partial charge in [0, 0.05) is 6.04 Å². The lowest BCUT2D eigenvalue weighted by Crippen LogP contribution is -2.39. The van der Waals surface area contributed by atoms with E-state index in [1.807, 2.05) is 0 Å². The molecule has 1 aliphatic rings. The van der Waals surface area contributed by atoms with Gasteiger partial charge in [0.1, 0.15) is 0 Å². The molecule has 1 saturated heterocycles. The van der Waals surface area contributed by atoms with Gasteiger partial charge in [0.2, 0.25) is 0 Å². The van der Waals surface area contributed by atoms with Crippen molar-refractivity contribution >= 4 is 0 Å². The summed E-state index contributed by atoms with van der Waals surface area (Å²) in [4.78, 5) is 0. The van der Waals surface area contributed by atoms with Crippen molar-refractivity contribution in [3.63, 3.8) is 0 Å². The molecule has 0 amide bonds. The highest BCUT2D eigenvalue weighted by Gasteiger charge is 2.31. The lowest BCUT2D eigenvalue weighted by Gasteiger charge is -2.29. The van der Waals surface area contributed by atoms with Crippen LogP contribution < -0.4 is 5.32 Å². The van der Waals surface area contributed by atoms with E-state index in [2.05, 4.69) is 5.32 Å². The molecule has 2 nitrogen and oxygen atoms in total. The fraction of sp³-hybridized carbons (Fsp3) is 0.538. The summed E-state index contributed by atoms with van der Waals surface area (Å²) >= 11 is 0. The Morgan fingerprint density at radius 1 is 1.33 bits per heavy atom. The minimum absolute atomic E-state index is 0.0155. The van der Waals surface area contributed by atoms with Crippen LogP contribution in [-0.2, 0) is 6.18 Å². The lowest BCUT2D eigenvalue weighted by molar-refractivity contribution is -0.137. The van der Waals surface area contributed by atoms with Gasteiger partial charge in [-0.05, 0) is 36.9 Å². The Morgan fingerprint density at radius 3 is 2.78 bits per heavy atom. The van der Waals surface area contributed by atoms with E-state index in [1.165, 1.54) is 12.1 Å². The normalized spacial score (nSPS) is 25.1. The van der Waals surface area contributed by atoms with E-state index < -0.39 is 11.7 Å². The molecule has 2 N–H and O–H groups in total. The van der Waals surface area contributed by atoms with Crippen LogP contribution in [0.1, 0.15) is 29.9 Å². The minimum atomic E-state index is -4.29. The third kappa shape index (κ3) is 3.03. The van der Waals surface area contributed by atoms with Gasteiger partial charge < -0.3 is 10.4 Å². The van der Waals surface area contributed by atoms with Gasteiger partial charge in [-0.15, -0.1) is 0 Å². The molecular weight excluding hydrogens is 243 g/mol. The number of nitrogens with one attached hydrogen (secondary N) is 1. The molecule has 1 aliphatic heterocycles. The van der Waals surface area contributed by atoms with Crippen molar-refractivity contribution in [2.75, 3.05) is 13.2 Å². The monoisotopic (exact) mass is 259 g/mol. The third-order valence-electron chi connectivity index (χ3n) is 3.40. The van der Waals surface area contributed by atoms with Gasteiger partial charge in [0.05, 0.1) is 12.2 Å². The molecule has 18 heavy (non-hydrogen) atoms. The smallest absolute Gasteiger partial charge is 0.395 e. The molecule has 0 aliphatic carbocycles. The van der Waals surface area contributed by atoms with Crippen LogP contribution in [0.5, 0.6) is 0 Å². The van der Waals surface area contributed by atoms with Crippen molar-refractivity contribution in [2.24, 2.45) is 0 Å². The number of aliphatic hydroxyl groups excluding tert-OH is 1. The second kappa shape index (κ2) is 5.28. The number of piperidine rings is 1. The molecule has 5 heteroatoms. The number of hydrogen-bond donors (Lipinski definition) is 2. The lowest BCUT2D eigenvalue weighted by atomic mass is 9.86. The summed E-state index contributed by atoms with van der Waals surface area (Å²) in [5.41, 5.74) is 0.115. The average molecular weight is 259 g/mol. The largest absolute Gasteiger partial charge is 0.416 e. The van der Waals surface area contributed by atoms with Gasteiger partial charge in [-0.1, -0.05) is 18.2 Å². The van der Waals surface area contributed by atoms with Gasteiger partial charge in [-0.2, -0.15) is 13.2 Å². The number of benzene rings is 1. The van der Waals surface area contributed by atoms with Gasteiger partial charge in [-0.3, -0.25) is 0 Å². The first kappa shape index (κ1) is 13.4. The maximum Gasteiger partial charge on any atom is 0.416 e. The maximum absolute atomic E-state index is 12.6. The molecule has 0 spiro atoms. The molecule has 1 aromatic rings. The van der Waals surface area contributed by atoms with Crippen molar-refractivity contribution in [3.8, 4) is 0 Å². The van der Waals surface area contributed by atoms with E-state index in [-0.39, 0.29) is 18.6 Å². The SMILES string of the molecule is OCC1CC(c2cccc(C(F)(F)F)c2)CCN1. The highest BCUT2D eigenvalue weighted by Crippen LogP contribution is 2.33. The van der Waals surface area contributed by atoms with E-state index in [0.29, 0.717) is 12.0 Å². The third-order valence-corrected chi connectivity index (χ3v) is 3.40. The highest BCUT2D eigenvalue weighted by atomic mass is 19.4. The van der Waals surface area contributed by atoms with E-state index in [1.54, 1.807) is 6.07 Å². The van der Waals surface area contributed by atoms with Crippen LogP contribution in [0.15, 0.2) is 24.3 Å². The van der Waals surface area contributed by atoms with Gasteiger partial charge >= 0.3 is 6.18 Å². The topological polar surface area (TPSA) is 32.3 Å².